The molecule has 0 aliphatic heterocycles. The van der Waals surface area contributed by atoms with Gasteiger partial charge in [-0.15, -0.1) is 0 Å². The summed E-state index contributed by atoms with van der Waals surface area (Å²) in [5.41, 5.74) is 1.64. The highest BCUT2D eigenvalue weighted by molar-refractivity contribution is 6.33. The van der Waals surface area contributed by atoms with Crippen LogP contribution in [-0.2, 0) is 4.79 Å². The first-order valence-electron chi connectivity index (χ1n) is 6.04. The van der Waals surface area contributed by atoms with Crippen LogP contribution in [0, 0.1) is 6.92 Å². The lowest BCUT2D eigenvalue weighted by Gasteiger charge is -2.24. The minimum atomic E-state index is -0.329. The third-order valence-electron chi connectivity index (χ3n) is 2.39. The summed E-state index contributed by atoms with van der Waals surface area (Å²) in [7, 11) is 0. The monoisotopic (exact) mass is 268 g/mol. The van der Waals surface area contributed by atoms with Gasteiger partial charge in [-0.2, -0.15) is 0 Å². The summed E-state index contributed by atoms with van der Waals surface area (Å²) in [4.78, 5) is 11.9. The zero-order chi connectivity index (χ0) is 13.9. The molecule has 0 radical (unpaired) electrons. The summed E-state index contributed by atoms with van der Waals surface area (Å²) in [6.45, 7) is 9.66. The van der Waals surface area contributed by atoms with Gasteiger partial charge < -0.3 is 10.6 Å². The summed E-state index contributed by atoms with van der Waals surface area (Å²) in [6.07, 6.45) is 0. The Morgan fingerprint density at radius 1 is 1.33 bits per heavy atom. The van der Waals surface area contributed by atoms with Crippen molar-refractivity contribution in [3.05, 3.63) is 28.8 Å². The van der Waals surface area contributed by atoms with Crippen molar-refractivity contribution in [2.45, 2.75) is 46.2 Å². The number of benzene rings is 1. The summed E-state index contributed by atoms with van der Waals surface area (Å²) >= 11 is 6.12. The molecule has 1 aromatic carbocycles. The maximum atomic E-state index is 11.9. The van der Waals surface area contributed by atoms with Crippen LogP contribution in [0.2, 0.25) is 5.02 Å². The van der Waals surface area contributed by atoms with E-state index in [0.717, 1.165) is 11.3 Å². The predicted octanol–water partition coefficient (Wildman–Crippen LogP) is 3.36. The van der Waals surface area contributed by atoms with E-state index < -0.39 is 0 Å². The first kappa shape index (κ1) is 14.8. The molecule has 18 heavy (non-hydrogen) atoms. The number of carbonyl (C=O) groups excluding carboxylic acids is 1. The molecule has 1 amide bonds. The van der Waals surface area contributed by atoms with Gasteiger partial charge in [-0.05, 0) is 52.3 Å². The standard InChI is InChI=1S/C14H21ClN2O/c1-9-6-7-12(11(15)8-9)16-10(2)13(18)17-14(3,4)5/h6-8,10,16H,1-5H3,(H,17,18). The number of rotatable bonds is 3. The molecule has 1 rings (SSSR count). The van der Waals surface area contributed by atoms with E-state index >= 15 is 0 Å². The van der Waals surface area contributed by atoms with Crippen molar-refractivity contribution in [2.75, 3.05) is 5.32 Å². The zero-order valence-corrected chi connectivity index (χ0v) is 12.4. The van der Waals surface area contributed by atoms with E-state index in [2.05, 4.69) is 10.6 Å². The Kier molecular flexibility index (Phi) is 4.63. The van der Waals surface area contributed by atoms with Crippen LogP contribution < -0.4 is 10.6 Å². The molecule has 0 aromatic heterocycles. The molecule has 0 saturated heterocycles. The highest BCUT2D eigenvalue weighted by Crippen LogP contribution is 2.23. The van der Waals surface area contributed by atoms with Gasteiger partial charge in [0.1, 0.15) is 6.04 Å². The lowest BCUT2D eigenvalue weighted by Crippen LogP contribution is -2.47. The minimum Gasteiger partial charge on any atom is -0.373 e. The quantitative estimate of drug-likeness (QED) is 0.883. The van der Waals surface area contributed by atoms with Crippen molar-refractivity contribution in [3.8, 4) is 0 Å². The van der Waals surface area contributed by atoms with Crippen molar-refractivity contribution < 1.29 is 4.79 Å². The lowest BCUT2D eigenvalue weighted by atomic mass is 10.1. The van der Waals surface area contributed by atoms with Crippen LogP contribution >= 0.6 is 11.6 Å². The van der Waals surface area contributed by atoms with Gasteiger partial charge in [0.15, 0.2) is 0 Å². The number of halogens is 1. The Balaban J connectivity index is 2.69. The van der Waals surface area contributed by atoms with Crippen LogP contribution in [0.3, 0.4) is 0 Å². The Morgan fingerprint density at radius 2 is 1.94 bits per heavy atom. The molecular weight excluding hydrogens is 248 g/mol. The van der Waals surface area contributed by atoms with Crippen LogP contribution in [-0.4, -0.2) is 17.5 Å². The Morgan fingerprint density at radius 3 is 2.44 bits per heavy atom. The average Bonchev–Trinajstić information content (AvgIpc) is 2.19. The average molecular weight is 269 g/mol. The number of carbonyl (C=O) groups is 1. The van der Waals surface area contributed by atoms with Gasteiger partial charge in [-0.1, -0.05) is 17.7 Å². The number of hydrogen-bond acceptors (Lipinski definition) is 2. The van der Waals surface area contributed by atoms with Gasteiger partial charge in [0.05, 0.1) is 10.7 Å². The number of amides is 1. The van der Waals surface area contributed by atoms with Crippen LogP contribution in [0.4, 0.5) is 5.69 Å². The first-order valence-corrected chi connectivity index (χ1v) is 6.41. The summed E-state index contributed by atoms with van der Waals surface area (Å²) in [5.74, 6) is -0.0425. The van der Waals surface area contributed by atoms with Gasteiger partial charge >= 0.3 is 0 Å². The molecule has 0 spiro atoms. The second-order valence-corrected chi connectivity index (χ2v) is 6.00. The van der Waals surface area contributed by atoms with Crippen molar-refractivity contribution in [1.82, 2.24) is 5.32 Å². The molecule has 1 atom stereocenters. The fourth-order valence-corrected chi connectivity index (χ4v) is 1.80. The lowest BCUT2D eigenvalue weighted by molar-refractivity contribution is -0.122. The molecule has 0 saturated carbocycles. The third-order valence-corrected chi connectivity index (χ3v) is 2.70. The first-order chi connectivity index (χ1) is 8.19. The Bertz CT molecular complexity index is 438. The molecular formula is C14H21ClN2O. The molecule has 4 heteroatoms. The summed E-state index contributed by atoms with van der Waals surface area (Å²) in [6, 6.07) is 5.39. The summed E-state index contributed by atoms with van der Waals surface area (Å²) < 4.78 is 0. The summed E-state index contributed by atoms with van der Waals surface area (Å²) in [5, 5.41) is 6.67. The molecule has 1 aromatic rings. The van der Waals surface area contributed by atoms with Crippen LogP contribution in [0.1, 0.15) is 33.3 Å². The maximum absolute atomic E-state index is 11.9. The zero-order valence-electron chi connectivity index (χ0n) is 11.6. The second kappa shape index (κ2) is 5.61. The number of hydrogen-bond donors (Lipinski definition) is 2. The minimum absolute atomic E-state index is 0.0425. The van der Waals surface area contributed by atoms with E-state index in [9.17, 15) is 4.79 Å². The Hall–Kier alpha value is -1.22. The van der Waals surface area contributed by atoms with Gasteiger partial charge in [-0.3, -0.25) is 4.79 Å². The second-order valence-electron chi connectivity index (χ2n) is 5.59. The SMILES string of the molecule is Cc1ccc(NC(C)C(=O)NC(C)(C)C)c(Cl)c1. The molecule has 2 N–H and O–H groups in total. The predicted molar refractivity (Wildman–Crippen MR) is 77.2 cm³/mol. The van der Waals surface area contributed by atoms with E-state index in [1.54, 1.807) is 0 Å². The van der Waals surface area contributed by atoms with E-state index in [-0.39, 0.29) is 17.5 Å². The van der Waals surface area contributed by atoms with E-state index in [1.807, 2.05) is 52.8 Å². The van der Waals surface area contributed by atoms with Crippen molar-refractivity contribution in [3.63, 3.8) is 0 Å². The van der Waals surface area contributed by atoms with Crippen LogP contribution in [0.5, 0.6) is 0 Å². The van der Waals surface area contributed by atoms with Crippen LogP contribution in [0.25, 0.3) is 0 Å². The van der Waals surface area contributed by atoms with Crippen LogP contribution in [0.15, 0.2) is 18.2 Å². The highest BCUT2D eigenvalue weighted by Gasteiger charge is 2.19. The topological polar surface area (TPSA) is 41.1 Å². The molecule has 3 nitrogen and oxygen atoms in total. The van der Waals surface area contributed by atoms with Gasteiger partial charge in [0.2, 0.25) is 5.91 Å². The highest BCUT2D eigenvalue weighted by atomic mass is 35.5. The maximum Gasteiger partial charge on any atom is 0.242 e. The molecule has 0 bridgehead atoms. The molecule has 1 unspecified atom stereocenters. The molecule has 100 valence electrons. The van der Waals surface area contributed by atoms with Gasteiger partial charge in [0.25, 0.3) is 0 Å². The molecule has 0 aliphatic rings. The van der Waals surface area contributed by atoms with Crippen molar-refractivity contribution in [2.24, 2.45) is 0 Å². The van der Waals surface area contributed by atoms with Crippen molar-refractivity contribution in [1.29, 1.82) is 0 Å². The number of anilines is 1. The largest absolute Gasteiger partial charge is 0.373 e. The molecule has 0 fully saturated rings. The van der Waals surface area contributed by atoms with E-state index in [1.165, 1.54) is 0 Å². The molecule has 0 aliphatic carbocycles. The van der Waals surface area contributed by atoms with Crippen molar-refractivity contribution >= 4 is 23.2 Å². The van der Waals surface area contributed by atoms with E-state index in [0.29, 0.717) is 5.02 Å². The molecule has 0 heterocycles. The number of nitrogens with one attached hydrogen (secondary N) is 2. The third kappa shape index (κ3) is 4.57. The fourth-order valence-electron chi connectivity index (χ4n) is 1.51. The smallest absolute Gasteiger partial charge is 0.242 e. The van der Waals surface area contributed by atoms with Gasteiger partial charge in [0, 0.05) is 5.54 Å². The fraction of sp³-hybridized carbons (Fsp3) is 0.500. The Labute approximate surface area is 114 Å². The normalized spacial score (nSPS) is 13.0. The van der Waals surface area contributed by atoms with Gasteiger partial charge in [-0.25, -0.2) is 0 Å². The van der Waals surface area contributed by atoms with E-state index in [4.69, 9.17) is 11.6 Å². The number of aryl methyl sites for hydroxylation is 1.